The van der Waals surface area contributed by atoms with Crippen LogP contribution in [-0.4, -0.2) is 44.2 Å². The number of halogens is 1. The van der Waals surface area contributed by atoms with E-state index in [0.29, 0.717) is 0 Å². The molecule has 0 aromatic heterocycles. The van der Waals surface area contributed by atoms with E-state index in [1.165, 1.54) is 0 Å². The molecule has 130 valence electrons. The minimum atomic E-state index is -0.382. The molecule has 0 radical (unpaired) electrons. The van der Waals surface area contributed by atoms with Gasteiger partial charge >= 0.3 is 5.97 Å². The first-order chi connectivity index (χ1) is 10.9. The highest BCUT2D eigenvalue weighted by molar-refractivity contribution is 5.82. The van der Waals surface area contributed by atoms with Crippen LogP contribution in [0.25, 0.3) is 0 Å². The van der Waals surface area contributed by atoms with Gasteiger partial charge in [0.05, 0.1) is 21.1 Å². The molecular weight excluding hydrogens is 366 g/mol. The second kappa shape index (κ2) is 9.00. The zero-order valence-corrected chi connectivity index (χ0v) is 16.4. The Morgan fingerprint density at radius 1 is 0.917 bits per heavy atom. The Bertz CT molecular complexity index is 584. The van der Waals surface area contributed by atoms with Crippen molar-refractivity contribution in [2.45, 2.75) is 18.9 Å². The van der Waals surface area contributed by atoms with E-state index in [4.69, 9.17) is 4.74 Å². The Labute approximate surface area is 155 Å². The van der Waals surface area contributed by atoms with Gasteiger partial charge in [-0.15, -0.1) is 0 Å². The third-order valence-electron chi connectivity index (χ3n) is 3.62. The molecule has 2 rings (SSSR count). The van der Waals surface area contributed by atoms with Crippen LogP contribution >= 0.6 is 0 Å². The molecule has 4 heteroatoms. The summed E-state index contributed by atoms with van der Waals surface area (Å²) in [6.07, 6.45) is -0.127. The Kier molecular flexibility index (Phi) is 7.64. The number of nitrogens with zero attached hydrogens (tertiary/aromatic N) is 1. The van der Waals surface area contributed by atoms with Crippen molar-refractivity contribution in [2.75, 3.05) is 27.7 Å². The lowest BCUT2D eigenvalue weighted by atomic mass is 9.91. The average Bonchev–Trinajstić information content (AvgIpc) is 2.47. The van der Waals surface area contributed by atoms with Gasteiger partial charge in [-0.25, -0.2) is 0 Å². The van der Waals surface area contributed by atoms with Gasteiger partial charge in [-0.3, -0.25) is 4.79 Å². The molecule has 0 amide bonds. The van der Waals surface area contributed by atoms with Crippen LogP contribution in [-0.2, 0) is 9.53 Å². The molecule has 0 aliphatic rings. The first-order valence-electron chi connectivity index (χ1n) is 7.97. The normalized spacial score (nSPS) is 12.4. The average molecular weight is 392 g/mol. The van der Waals surface area contributed by atoms with Gasteiger partial charge in [0.25, 0.3) is 0 Å². The van der Waals surface area contributed by atoms with Crippen LogP contribution in [0.3, 0.4) is 0 Å². The number of carbonyl (C=O) groups excluding carboxylic acids is 1. The smallest absolute Gasteiger partial charge is 0.318 e. The fraction of sp³-hybridized carbons (Fsp3) is 0.350. The molecule has 1 atom stereocenters. The zero-order valence-electron chi connectivity index (χ0n) is 14.8. The molecule has 0 heterocycles. The van der Waals surface area contributed by atoms with E-state index >= 15 is 0 Å². The summed E-state index contributed by atoms with van der Waals surface area (Å²) in [5, 5.41) is 0. The molecule has 0 bridgehead atoms. The molecule has 3 nitrogen and oxygen atoms in total. The number of hydrogen-bond acceptors (Lipinski definition) is 2. The summed E-state index contributed by atoms with van der Waals surface area (Å²) in [6, 6.07) is 19.6. The van der Waals surface area contributed by atoms with Crippen molar-refractivity contribution in [3.05, 3.63) is 71.8 Å². The maximum absolute atomic E-state index is 12.8. The summed E-state index contributed by atoms with van der Waals surface area (Å²) in [6.45, 7) is 2.73. The van der Waals surface area contributed by atoms with Crippen molar-refractivity contribution in [1.29, 1.82) is 0 Å². The van der Waals surface area contributed by atoms with Crippen LogP contribution in [0.5, 0.6) is 0 Å². The summed E-state index contributed by atoms with van der Waals surface area (Å²) in [7, 11) is 6.28. The predicted octanol–water partition coefficient (Wildman–Crippen LogP) is 0.460. The quantitative estimate of drug-likeness (QED) is 0.528. The lowest BCUT2D eigenvalue weighted by molar-refractivity contribution is -0.873. The van der Waals surface area contributed by atoms with Crippen LogP contribution in [0.4, 0.5) is 0 Å². The predicted molar refractivity (Wildman–Crippen MR) is 93.2 cm³/mol. The molecule has 0 fully saturated rings. The second-order valence-electron chi connectivity index (χ2n) is 6.97. The van der Waals surface area contributed by atoms with Crippen molar-refractivity contribution in [3.8, 4) is 0 Å². The van der Waals surface area contributed by atoms with Crippen LogP contribution in [0, 0.1) is 0 Å². The fourth-order valence-corrected chi connectivity index (χ4v) is 2.83. The number of rotatable bonds is 6. The SMILES string of the molecule is CC(C[N+](C)(C)C)OC(=O)C(c1ccccc1)c1ccccc1.[Br-]. The molecule has 24 heavy (non-hydrogen) atoms. The van der Waals surface area contributed by atoms with E-state index < -0.39 is 0 Å². The Morgan fingerprint density at radius 3 is 1.71 bits per heavy atom. The summed E-state index contributed by atoms with van der Waals surface area (Å²) in [5.74, 6) is -0.573. The summed E-state index contributed by atoms with van der Waals surface area (Å²) < 4.78 is 6.50. The number of ether oxygens (including phenoxy) is 1. The maximum atomic E-state index is 12.8. The zero-order chi connectivity index (χ0) is 16.9. The summed E-state index contributed by atoms with van der Waals surface area (Å²) >= 11 is 0. The third-order valence-corrected chi connectivity index (χ3v) is 3.62. The lowest BCUT2D eigenvalue weighted by Gasteiger charge is -2.28. The van der Waals surface area contributed by atoms with Crippen molar-refractivity contribution in [3.63, 3.8) is 0 Å². The number of likely N-dealkylation sites (N-methyl/N-ethyl adjacent to an activating group) is 1. The number of hydrogen-bond donors (Lipinski definition) is 0. The minimum absolute atomic E-state index is 0. The highest BCUT2D eigenvalue weighted by Crippen LogP contribution is 2.26. The van der Waals surface area contributed by atoms with E-state index in [1.54, 1.807) is 0 Å². The highest BCUT2D eigenvalue weighted by Gasteiger charge is 2.27. The molecule has 0 N–H and O–H groups in total. The van der Waals surface area contributed by atoms with E-state index in [0.717, 1.165) is 22.2 Å². The van der Waals surface area contributed by atoms with Crippen LogP contribution < -0.4 is 17.0 Å². The third kappa shape index (κ3) is 6.10. The van der Waals surface area contributed by atoms with Gasteiger partial charge in [-0.2, -0.15) is 0 Å². The van der Waals surface area contributed by atoms with Gasteiger partial charge in [0.15, 0.2) is 0 Å². The van der Waals surface area contributed by atoms with Crippen molar-refractivity contribution in [1.82, 2.24) is 0 Å². The van der Waals surface area contributed by atoms with Gasteiger partial charge in [0.2, 0.25) is 0 Å². The van der Waals surface area contributed by atoms with E-state index in [2.05, 4.69) is 21.1 Å². The largest absolute Gasteiger partial charge is 1.00 e. The number of benzene rings is 2. The topological polar surface area (TPSA) is 26.3 Å². The lowest BCUT2D eigenvalue weighted by Crippen LogP contribution is -3.00. The van der Waals surface area contributed by atoms with Crippen LogP contribution in [0.15, 0.2) is 60.7 Å². The fourth-order valence-electron chi connectivity index (χ4n) is 2.83. The first-order valence-corrected chi connectivity index (χ1v) is 7.97. The van der Waals surface area contributed by atoms with Gasteiger partial charge < -0.3 is 26.2 Å². The maximum Gasteiger partial charge on any atom is 0.318 e. The molecule has 0 spiro atoms. The van der Waals surface area contributed by atoms with Crippen molar-refractivity contribution >= 4 is 5.97 Å². The first kappa shape index (κ1) is 20.4. The second-order valence-corrected chi connectivity index (χ2v) is 6.97. The summed E-state index contributed by atoms with van der Waals surface area (Å²) in [5.41, 5.74) is 1.92. The van der Waals surface area contributed by atoms with Gasteiger partial charge in [-0.1, -0.05) is 60.7 Å². The Hall–Kier alpha value is -1.65. The summed E-state index contributed by atoms with van der Waals surface area (Å²) in [4.78, 5) is 12.8. The molecular formula is C20H26BrNO2. The van der Waals surface area contributed by atoms with E-state index in [-0.39, 0.29) is 35.0 Å². The standard InChI is InChI=1S/C20H26NO2.BrH/c1-16(15-21(2,3)4)23-20(22)19(17-11-7-5-8-12-17)18-13-9-6-10-14-18;/h5-14,16,19H,15H2,1-4H3;1H/q+1;/p-1. The molecule has 0 saturated heterocycles. The van der Waals surface area contributed by atoms with Gasteiger partial charge in [0.1, 0.15) is 18.6 Å². The number of esters is 1. The molecule has 2 aromatic rings. The number of quaternary nitrogens is 1. The highest BCUT2D eigenvalue weighted by atomic mass is 79.9. The van der Waals surface area contributed by atoms with Crippen molar-refractivity contribution < 1.29 is 31.0 Å². The molecule has 2 aromatic carbocycles. The van der Waals surface area contributed by atoms with E-state index in [9.17, 15) is 4.79 Å². The Balaban J connectivity index is 0.00000288. The molecule has 0 aliphatic carbocycles. The van der Waals surface area contributed by atoms with E-state index in [1.807, 2.05) is 67.6 Å². The van der Waals surface area contributed by atoms with Gasteiger partial charge in [0, 0.05) is 0 Å². The molecule has 0 saturated carbocycles. The minimum Gasteiger partial charge on any atom is -1.00 e. The monoisotopic (exact) mass is 391 g/mol. The molecule has 1 unspecified atom stereocenters. The van der Waals surface area contributed by atoms with Crippen LogP contribution in [0.1, 0.15) is 24.0 Å². The Morgan fingerprint density at radius 2 is 1.33 bits per heavy atom. The van der Waals surface area contributed by atoms with Crippen molar-refractivity contribution in [2.24, 2.45) is 0 Å². The van der Waals surface area contributed by atoms with Gasteiger partial charge in [-0.05, 0) is 18.1 Å². The molecule has 0 aliphatic heterocycles. The number of carbonyl (C=O) groups is 1. The van der Waals surface area contributed by atoms with Crippen LogP contribution in [0.2, 0.25) is 0 Å².